The van der Waals surface area contributed by atoms with Crippen LogP contribution in [0.4, 0.5) is 14.5 Å². The van der Waals surface area contributed by atoms with Crippen molar-refractivity contribution in [3.8, 4) is 0 Å². The summed E-state index contributed by atoms with van der Waals surface area (Å²) in [5.41, 5.74) is 0.112. The predicted octanol–water partition coefficient (Wildman–Crippen LogP) is 2.52. The van der Waals surface area contributed by atoms with Crippen LogP contribution in [-0.2, 0) is 9.59 Å². The first kappa shape index (κ1) is 17.9. The number of anilines is 1. The van der Waals surface area contributed by atoms with E-state index in [2.05, 4.69) is 10.6 Å². The van der Waals surface area contributed by atoms with E-state index in [4.69, 9.17) is 5.11 Å². The molecule has 2 unspecified atom stereocenters. The largest absolute Gasteiger partial charge is 0.480 e. The quantitative estimate of drug-likeness (QED) is 0.689. The summed E-state index contributed by atoms with van der Waals surface area (Å²) in [5.74, 6) is -3.18. The van der Waals surface area contributed by atoms with Crippen molar-refractivity contribution < 1.29 is 23.5 Å². The van der Waals surface area contributed by atoms with E-state index >= 15 is 0 Å². The standard InChI is InChI=1S/C15H20F2N2O3/c1-3-4-5-13(15(21)22)19-14(20)9(2)18-12-7-10(16)6-11(17)8-12/h6-9,13,18H,3-5H2,1-2H3,(H,19,20)(H,21,22). The number of amides is 1. The van der Waals surface area contributed by atoms with Gasteiger partial charge >= 0.3 is 5.97 Å². The molecule has 5 nitrogen and oxygen atoms in total. The third-order valence-electron chi connectivity index (χ3n) is 3.10. The van der Waals surface area contributed by atoms with Crippen LogP contribution in [0.5, 0.6) is 0 Å². The molecule has 1 aromatic rings. The van der Waals surface area contributed by atoms with Crippen molar-refractivity contribution in [1.29, 1.82) is 0 Å². The Labute approximate surface area is 127 Å². The number of carboxylic acid groups (broad SMARTS) is 1. The van der Waals surface area contributed by atoms with Gasteiger partial charge in [-0.2, -0.15) is 0 Å². The zero-order valence-electron chi connectivity index (χ0n) is 12.5. The summed E-state index contributed by atoms with van der Waals surface area (Å²) in [4.78, 5) is 23.0. The minimum Gasteiger partial charge on any atom is -0.480 e. The van der Waals surface area contributed by atoms with Crippen LogP contribution in [0.3, 0.4) is 0 Å². The Balaban J connectivity index is 2.65. The Morgan fingerprint density at radius 1 is 1.23 bits per heavy atom. The van der Waals surface area contributed by atoms with Gasteiger partial charge in [-0.25, -0.2) is 13.6 Å². The monoisotopic (exact) mass is 314 g/mol. The van der Waals surface area contributed by atoms with Crippen molar-refractivity contribution in [3.63, 3.8) is 0 Å². The fourth-order valence-electron chi connectivity index (χ4n) is 1.92. The second kappa shape index (κ2) is 8.31. The predicted molar refractivity (Wildman–Crippen MR) is 78.5 cm³/mol. The fourth-order valence-corrected chi connectivity index (χ4v) is 1.92. The molecule has 0 aromatic heterocycles. The summed E-state index contributed by atoms with van der Waals surface area (Å²) in [5, 5.41) is 14.1. The van der Waals surface area contributed by atoms with E-state index in [0.29, 0.717) is 12.8 Å². The Morgan fingerprint density at radius 2 is 1.82 bits per heavy atom. The summed E-state index contributed by atoms with van der Waals surface area (Å²) in [7, 11) is 0. The van der Waals surface area contributed by atoms with Gasteiger partial charge in [0.2, 0.25) is 5.91 Å². The Kier molecular flexibility index (Phi) is 6.75. The maximum Gasteiger partial charge on any atom is 0.326 e. The molecule has 0 spiro atoms. The summed E-state index contributed by atoms with van der Waals surface area (Å²) < 4.78 is 26.2. The van der Waals surface area contributed by atoms with Gasteiger partial charge < -0.3 is 15.7 Å². The van der Waals surface area contributed by atoms with Crippen LogP contribution < -0.4 is 10.6 Å². The van der Waals surface area contributed by atoms with Crippen LogP contribution in [0.1, 0.15) is 33.1 Å². The van der Waals surface area contributed by atoms with Gasteiger partial charge in [-0.05, 0) is 25.5 Å². The van der Waals surface area contributed by atoms with Crippen molar-refractivity contribution in [3.05, 3.63) is 29.8 Å². The van der Waals surface area contributed by atoms with E-state index in [1.165, 1.54) is 6.92 Å². The smallest absolute Gasteiger partial charge is 0.326 e. The normalized spacial score (nSPS) is 13.3. The van der Waals surface area contributed by atoms with Crippen molar-refractivity contribution in [2.45, 2.75) is 45.2 Å². The van der Waals surface area contributed by atoms with E-state index in [1.807, 2.05) is 6.92 Å². The molecule has 1 amide bonds. The Hall–Kier alpha value is -2.18. The first-order chi connectivity index (χ1) is 10.3. The van der Waals surface area contributed by atoms with E-state index in [1.54, 1.807) is 0 Å². The molecule has 22 heavy (non-hydrogen) atoms. The number of rotatable bonds is 8. The molecule has 0 radical (unpaired) electrons. The molecular formula is C15H20F2N2O3. The molecule has 122 valence electrons. The van der Waals surface area contributed by atoms with Gasteiger partial charge in [0.1, 0.15) is 23.7 Å². The zero-order valence-corrected chi connectivity index (χ0v) is 12.5. The average Bonchev–Trinajstić information content (AvgIpc) is 2.41. The van der Waals surface area contributed by atoms with Crippen molar-refractivity contribution >= 4 is 17.6 Å². The van der Waals surface area contributed by atoms with E-state index < -0.39 is 35.6 Å². The highest BCUT2D eigenvalue weighted by Gasteiger charge is 2.22. The van der Waals surface area contributed by atoms with Crippen LogP contribution in [-0.4, -0.2) is 29.1 Å². The van der Waals surface area contributed by atoms with Gasteiger partial charge in [-0.3, -0.25) is 4.79 Å². The lowest BCUT2D eigenvalue weighted by Gasteiger charge is -2.19. The number of carbonyl (C=O) groups is 2. The molecule has 0 aliphatic heterocycles. The minimum absolute atomic E-state index is 0.112. The molecule has 1 aromatic carbocycles. The van der Waals surface area contributed by atoms with Crippen LogP contribution in [0.15, 0.2) is 18.2 Å². The molecule has 0 saturated heterocycles. The molecule has 7 heteroatoms. The molecule has 0 heterocycles. The molecule has 0 bridgehead atoms. The average molecular weight is 314 g/mol. The lowest BCUT2D eigenvalue weighted by atomic mass is 10.1. The van der Waals surface area contributed by atoms with Gasteiger partial charge in [-0.15, -0.1) is 0 Å². The maximum absolute atomic E-state index is 13.1. The summed E-state index contributed by atoms with van der Waals surface area (Å²) in [6.45, 7) is 3.40. The topological polar surface area (TPSA) is 78.4 Å². The van der Waals surface area contributed by atoms with Gasteiger partial charge in [-0.1, -0.05) is 19.8 Å². The number of halogens is 2. The molecule has 0 saturated carbocycles. The van der Waals surface area contributed by atoms with Crippen molar-refractivity contribution in [2.75, 3.05) is 5.32 Å². The SMILES string of the molecule is CCCCC(NC(=O)C(C)Nc1cc(F)cc(F)c1)C(=O)O. The molecule has 0 aliphatic carbocycles. The molecule has 0 fully saturated rings. The molecule has 1 rings (SSSR count). The van der Waals surface area contributed by atoms with Gasteiger partial charge in [0.25, 0.3) is 0 Å². The lowest BCUT2D eigenvalue weighted by Crippen LogP contribution is -2.46. The number of hydrogen-bond donors (Lipinski definition) is 3. The minimum atomic E-state index is -1.11. The molecule has 0 aliphatic rings. The second-order valence-corrected chi connectivity index (χ2v) is 5.07. The lowest BCUT2D eigenvalue weighted by molar-refractivity contribution is -0.142. The van der Waals surface area contributed by atoms with Crippen LogP contribution in [0.25, 0.3) is 0 Å². The summed E-state index contributed by atoms with van der Waals surface area (Å²) in [6.07, 6.45) is 1.82. The van der Waals surface area contributed by atoms with Crippen molar-refractivity contribution in [1.82, 2.24) is 5.32 Å². The van der Waals surface area contributed by atoms with Crippen molar-refractivity contribution in [2.24, 2.45) is 0 Å². The first-order valence-electron chi connectivity index (χ1n) is 7.09. The van der Waals surface area contributed by atoms with Crippen LogP contribution in [0.2, 0.25) is 0 Å². The Bertz CT molecular complexity index is 517. The Morgan fingerprint density at radius 3 is 2.32 bits per heavy atom. The van der Waals surface area contributed by atoms with Gasteiger partial charge in [0.15, 0.2) is 0 Å². The highest BCUT2D eigenvalue weighted by Crippen LogP contribution is 2.14. The summed E-state index contributed by atoms with van der Waals surface area (Å²) in [6, 6.07) is 1.03. The zero-order chi connectivity index (χ0) is 16.7. The third kappa shape index (κ3) is 5.67. The van der Waals surface area contributed by atoms with Gasteiger partial charge in [0.05, 0.1) is 0 Å². The maximum atomic E-state index is 13.1. The number of nitrogens with one attached hydrogen (secondary N) is 2. The number of hydrogen-bond acceptors (Lipinski definition) is 3. The summed E-state index contributed by atoms with van der Waals surface area (Å²) >= 11 is 0. The number of benzene rings is 1. The molecule has 3 N–H and O–H groups in total. The van der Waals surface area contributed by atoms with Crippen LogP contribution >= 0.6 is 0 Å². The van der Waals surface area contributed by atoms with Gasteiger partial charge in [0, 0.05) is 11.8 Å². The van der Waals surface area contributed by atoms with E-state index in [9.17, 15) is 18.4 Å². The van der Waals surface area contributed by atoms with E-state index in [-0.39, 0.29) is 5.69 Å². The highest BCUT2D eigenvalue weighted by atomic mass is 19.1. The first-order valence-corrected chi connectivity index (χ1v) is 7.09. The number of aliphatic carboxylic acids is 1. The highest BCUT2D eigenvalue weighted by molar-refractivity contribution is 5.88. The number of carbonyl (C=O) groups excluding carboxylic acids is 1. The number of unbranched alkanes of at least 4 members (excludes halogenated alkanes) is 1. The fraction of sp³-hybridized carbons (Fsp3) is 0.467. The second-order valence-electron chi connectivity index (χ2n) is 5.07. The third-order valence-corrected chi connectivity index (χ3v) is 3.10. The van der Waals surface area contributed by atoms with E-state index in [0.717, 1.165) is 24.6 Å². The number of carboxylic acids is 1. The molecule has 2 atom stereocenters. The molecular weight excluding hydrogens is 294 g/mol. The van der Waals surface area contributed by atoms with Crippen LogP contribution in [0, 0.1) is 11.6 Å².